The van der Waals surface area contributed by atoms with Crippen molar-refractivity contribution in [2.24, 2.45) is 0 Å². The van der Waals surface area contributed by atoms with Gasteiger partial charge in [-0.05, 0) is 35.6 Å². The van der Waals surface area contributed by atoms with Crippen molar-refractivity contribution in [3.05, 3.63) is 32.7 Å². The number of nitrogens with one attached hydrogen (secondary N) is 1. The molecule has 0 unspecified atom stereocenters. The van der Waals surface area contributed by atoms with Crippen molar-refractivity contribution in [1.82, 2.24) is 15.2 Å². The largest absolute Gasteiger partial charge is 0.277 e. The Kier molecular flexibility index (Phi) is 2.73. The molecule has 0 aliphatic carbocycles. The Morgan fingerprint density at radius 2 is 2.21 bits per heavy atom. The van der Waals surface area contributed by atoms with Crippen LogP contribution in [-0.4, -0.2) is 15.2 Å². The molecule has 0 amide bonds. The van der Waals surface area contributed by atoms with E-state index in [1.807, 2.05) is 13.0 Å². The van der Waals surface area contributed by atoms with Crippen LogP contribution in [0.25, 0.3) is 11.3 Å². The van der Waals surface area contributed by atoms with Crippen molar-refractivity contribution in [2.75, 3.05) is 0 Å². The smallest absolute Gasteiger partial charge is 0.0814 e. The van der Waals surface area contributed by atoms with E-state index in [-0.39, 0.29) is 0 Å². The third-order valence-corrected chi connectivity index (χ3v) is 2.98. The average molecular weight is 320 g/mol. The quantitative estimate of drug-likeness (QED) is 0.821. The summed E-state index contributed by atoms with van der Waals surface area (Å²) in [7, 11) is 0. The highest BCUT2D eigenvalue weighted by Gasteiger charge is 2.09. The zero-order valence-electron chi connectivity index (χ0n) is 7.38. The van der Waals surface area contributed by atoms with Crippen molar-refractivity contribution < 1.29 is 0 Å². The van der Waals surface area contributed by atoms with E-state index in [1.54, 1.807) is 12.4 Å². The minimum atomic E-state index is 0.694. The van der Waals surface area contributed by atoms with Gasteiger partial charge >= 0.3 is 0 Å². The van der Waals surface area contributed by atoms with Crippen LogP contribution in [-0.2, 0) is 0 Å². The molecule has 0 atom stereocenters. The van der Waals surface area contributed by atoms with Gasteiger partial charge in [-0.25, -0.2) is 0 Å². The topological polar surface area (TPSA) is 41.6 Å². The fourth-order valence-electron chi connectivity index (χ4n) is 1.17. The highest BCUT2D eigenvalue weighted by molar-refractivity contribution is 14.1. The maximum atomic E-state index is 6.10. The second-order valence-corrected chi connectivity index (χ2v) is 4.47. The molecule has 14 heavy (non-hydrogen) atoms. The van der Waals surface area contributed by atoms with Crippen molar-refractivity contribution in [2.45, 2.75) is 6.92 Å². The van der Waals surface area contributed by atoms with Gasteiger partial charge in [0, 0.05) is 17.5 Å². The summed E-state index contributed by atoms with van der Waals surface area (Å²) in [6.45, 7) is 1.91. The molecule has 1 N–H and O–H groups in total. The molecule has 0 radical (unpaired) electrons. The summed E-state index contributed by atoms with van der Waals surface area (Å²) in [5.41, 5.74) is 2.72. The summed E-state index contributed by atoms with van der Waals surface area (Å²) in [5.74, 6) is 0. The fourth-order valence-corrected chi connectivity index (χ4v) is 2.02. The van der Waals surface area contributed by atoms with Gasteiger partial charge < -0.3 is 0 Å². The maximum absolute atomic E-state index is 6.10. The first-order valence-electron chi connectivity index (χ1n) is 4.00. The molecule has 0 aliphatic heterocycles. The Balaban J connectivity index is 2.58. The fraction of sp³-hybridized carbons (Fsp3) is 0.111. The highest BCUT2D eigenvalue weighted by Crippen LogP contribution is 2.28. The summed E-state index contributed by atoms with van der Waals surface area (Å²) in [5, 5.41) is 7.54. The standard InChI is InChI=1S/C9H7ClIN3/c1-5-2-7(10)6(3-12-5)9-8(11)4-13-14-9/h2-4H,1H3,(H,13,14). The zero-order valence-corrected chi connectivity index (χ0v) is 10.3. The molecule has 2 heterocycles. The predicted octanol–water partition coefficient (Wildman–Crippen LogP) is 3.04. The number of hydrogen-bond donors (Lipinski definition) is 1. The van der Waals surface area contributed by atoms with Crippen LogP contribution < -0.4 is 0 Å². The molecular weight excluding hydrogens is 312 g/mol. The molecule has 0 saturated carbocycles. The number of aryl methyl sites for hydroxylation is 1. The van der Waals surface area contributed by atoms with Gasteiger partial charge in [-0.15, -0.1) is 0 Å². The number of hydrogen-bond acceptors (Lipinski definition) is 2. The summed E-state index contributed by atoms with van der Waals surface area (Å²) in [6.07, 6.45) is 3.51. The molecule has 0 aliphatic rings. The SMILES string of the molecule is Cc1cc(Cl)c(-c2[nH]ncc2I)cn1. The van der Waals surface area contributed by atoms with Gasteiger partial charge in [-0.1, -0.05) is 11.6 Å². The molecule has 0 saturated heterocycles. The van der Waals surface area contributed by atoms with Crippen molar-refractivity contribution in [3.8, 4) is 11.3 Å². The Labute approximate surface area is 100 Å². The summed E-state index contributed by atoms with van der Waals surface area (Å²) < 4.78 is 1.04. The van der Waals surface area contributed by atoms with Gasteiger partial charge in [0.05, 0.1) is 20.5 Å². The number of aromatic nitrogens is 3. The van der Waals surface area contributed by atoms with Crippen LogP contribution in [0.1, 0.15) is 5.69 Å². The van der Waals surface area contributed by atoms with E-state index in [0.29, 0.717) is 5.02 Å². The molecule has 0 spiro atoms. The Hall–Kier alpha value is -0.620. The first kappa shape index (κ1) is 9.92. The number of aromatic amines is 1. The zero-order chi connectivity index (χ0) is 10.1. The van der Waals surface area contributed by atoms with E-state index in [2.05, 4.69) is 37.8 Å². The molecule has 3 nitrogen and oxygen atoms in total. The first-order valence-corrected chi connectivity index (χ1v) is 5.45. The lowest BCUT2D eigenvalue weighted by Gasteiger charge is -2.02. The van der Waals surface area contributed by atoms with Gasteiger partial charge in [0.2, 0.25) is 0 Å². The van der Waals surface area contributed by atoms with Crippen molar-refractivity contribution >= 4 is 34.2 Å². The Morgan fingerprint density at radius 1 is 1.43 bits per heavy atom. The van der Waals surface area contributed by atoms with Gasteiger partial charge in [-0.2, -0.15) is 5.10 Å². The van der Waals surface area contributed by atoms with E-state index < -0.39 is 0 Å². The van der Waals surface area contributed by atoms with Crippen LogP contribution in [0.15, 0.2) is 18.5 Å². The number of pyridine rings is 1. The lowest BCUT2D eigenvalue weighted by atomic mass is 10.2. The van der Waals surface area contributed by atoms with Crippen molar-refractivity contribution in [1.29, 1.82) is 0 Å². The van der Waals surface area contributed by atoms with Crippen LogP contribution in [0.2, 0.25) is 5.02 Å². The molecule has 2 aromatic rings. The highest BCUT2D eigenvalue weighted by atomic mass is 127. The Morgan fingerprint density at radius 3 is 2.79 bits per heavy atom. The van der Waals surface area contributed by atoms with Gasteiger partial charge in [0.1, 0.15) is 0 Å². The third-order valence-electron chi connectivity index (χ3n) is 1.85. The summed E-state index contributed by atoms with van der Waals surface area (Å²) in [4.78, 5) is 4.20. The van der Waals surface area contributed by atoms with Gasteiger partial charge in [0.25, 0.3) is 0 Å². The second-order valence-electron chi connectivity index (χ2n) is 2.90. The first-order chi connectivity index (χ1) is 6.68. The van der Waals surface area contributed by atoms with E-state index in [1.165, 1.54) is 0 Å². The van der Waals surface area contributed by atoms with Crippen LogP contribution in [0.4, 0.5) is 0 Å². The third kappa shape index (κ3) is 1.76. The van der Waals surface area contributed by atoms with Crippen LogP contribution in [0.5, 0.6) is 0 Å². The van der Waals surface area contributed by atoms with Crippen LogP contribution in [0.3, 0.4) is 0 Å². The van der Waals surface area contributed by atoms with Gasteiger partial charge in [-0.3, -0.25) is 10.1 Å². The number of H-pyrrole nitrogens is 1. The number of nitrogens with zero attached hydrogens (tertiary/aromatic N) is 2. The predicted molar refractivity (Wildman–Crippen MR) is 64.3 cm³/mol. The number of halogens is 2. The van der Waals surface area contributed by atoms with E-state index in [4.69, 9.17) is 11.6 Å². The van der Waals surface area contributed by atoms with Crippen molar-refractivity contribution in [3.63, 3.8) is 0 Å². The lowest BCUT2D eigenvalue weighted by molar-refractivity contribution is 1.09. The second kappa shape index (κ2) is 3.86. The Bertz CT molecular complexity index is 467. The summed E-state index contributed by atoms with van der Waals surface area (Å²) >= 11 is 8.31. The minimum Gasteiger partial charge on any atom is -0.277 e. The monoisotopic (exact) mass is 319 g/mol. The average Bonchev–Trinajstić information content (AvgIpc) is 2.52. The lowest BCUT2D eigenvalue weighted by Crippen LogP contribution is -1.87. The summed E-state index contributed by atoms with van der Waals surface area (Å²) in [6, 6.07) is 1.84. The molecule has 5 heteroatoms. The molecular formula is C9H7ClIN3. The van der Waals surface area contributed by atoms with E-state index >= 15 is 0 Å². The van der Waals surface area contributed by atoms with Crippen LogP contribution >= 0.6 is 34.2 Å². The van der Waals surface area contributed by atoms with E-state index in [0.717, 1.165) is 20.5 Å². The number of rotatable bonds is 1. The molecule has 2 aromatic heterocycles. The molecule has 0 fully saturated rings. The molecule has 0 aromatic carbocycles. The van der Waals surface area contributed by atoms with Crippen LogP contribution in [0, 0.1) is 10.5 Å². The molecule has 2 rings (SSSR count). The maximum Gasteiger partial charge on any atom is 0.0814 e. The van der Waals surface area contributed by atoms with Gasteiger partial charge in [0.15, 0.2) is 0 Å². The van der Waals surface area contributed by atoms with E-state index in [9.17, 15) is 0 Å². The molecule has 72 valence electrons. The normalized spacial score (nSPS) is 10.5. The molecule has 0 bridgehead atoms. The minimum absolute atomic E-state index is 0.694.